The number of rotatable bonds is 6. The minimum absolute atomic E-state index is 0.693. The van der Waals surface area contributed by atoms with Crippen molar-refractivity contribution in [3.8, 4) is 5.88 Å². The molecular weight excluding hydrogens is 314 g/mol. The molecule has 2 aromatic heterocycles. The number of nitrogens with zero attached hydrogens (tertiary/aromatic N) is 3. The fraction of sp³-hybridized carbons (Fsp3) is 0.500. The molecule has 118 valence electrons. The van der Waals surface area contributed by atoms with Crippen molar-refractivity contribution >= 4 is 28.6 Å². The van der Waals surface area contributed by atoms with E-state index >= 15 is 0 Å². The van der Waals surface area contributed by atoms with Gasteiger partial charge in [0.15, 0.2) is 0 Å². The topological polar surface area (TPSA) is 38.3 Å². The lowest BCUT2D eigenvalue weighted by Crippen LogP contribution is -2.25. The van der Waals surface area contributed by atoms with Gasteiger partial charge >= 0.3 is 0 Å². The first-order chi connectivity index (χ1) is 10.7. The van der Waals surface area contributed by atoms with Crippen LogP contribution < -0.4 is 4.74 Å². The van der Waals surface area contributed by atoms with Gasteiger partial charge < -0.3 is 9.64 Å². The van der Waals surface area contributed by atoms with Crippen molar-refractivity contribution in [3.63, 3.8) is 0 Å². The fourth-order valence-electron chi connectivity index (χ4n) is 2.57. The van der Waals surface area contributed by atoms with Crippen LogP contribution >= 0.6 is 23.1 Å². The van der Waals surface area contributed by atoms with Crippen LogP contribution in [0.4, 0.5) is 0 Å². The van der Waals surface area contributed by atoms with Gasteiger partial charge in [-0.05, 0) is 50.9 Å². The van der Waals surface area contributed by atoms with Gasteiger partial charge in [-0.3, -0.25) is 0 Å². The van der Waals surface area contributed by atoms with Crippen LogP contribution in [0.15, 0.2) is 18.2 Å². The van der Waals surface area contributed by atoms with Crippen molar-refractivity contribution in [2.45, 2.75) is 26.2 Å². The molecule has 0 atom stereocenters. The summed E-state index contributed by atoms with van der Waals surface area (Å²) in [6.07, 6.45) is 5.41. The van der Waals surface area contributed by atoms with Crippen molar-refractivity contribution in [2.24, 2.45) is 0 Å². The number of likely N-dealkylation sites (N-methyl/N-ethyl adjacent to an activating group) is 1. The molecule has 0 aromatic carbocycles. The minimum atomic E-state index is 0.693. The van der Waals surface area contributed by atoms with Crippen LogP contribution in [0.2, 0.25) is 0 Å². The summed E-state index contributed by atoms with van der Waals surface area (Å²) in [5.74, 6) is 0.703. The Bertz CT molecular complexity index is 647. The smallest absolute Gasteiger partial charge is 0.253 e. The molecule has 0 N–H and O–H groups in total. The Hall–Kier alpha value is -1.24. The molecule has 2 aromatic rings. The van der Waals surface area contributed by atoms with Crippen LogP contribution in [-0.4, -0.2) is 40.4 Å². The molecule has 0 amide bonds. The molecule has 0 radical (unpaired) electrons. The summed E-state index contributed by atoms with van der Waals surface area (Å²) in [5.41, 5.74) is 2.18. The maximum atomic E-state index is 5.88. The quantitative estimate of drug-likeness (QED) is 0.756. The minimum Gasteiger partial charge on any atom is -0.475 e. The van der Waals surface area contributed by atoms with Crippen LogP contribution in [-0.2, 0) is 6.42 Å². The Kier molecular flexibility index (Phi) is 5.23. The molecule has 0 fully saturated rings. The molecule has 0 unspecified atom stereocenters. The molecular formula is C16H21N3OS2. The number of aryl methyl sites for hydroxylation is 2. The third-order valence-corrected chi connectivity index (χ3v) is 5.28. The molecule has 3 heterocycles. The Labute approximate surface area is 139 Å². The summed E-state index contributed by atoms with van der Waals surface area (Å²) in [4.78, 5) is 5.10. The Morgan fingerprint density at radius 2 is 2.23 bits per heavy atom. The molecule has 0 bridgehead atoms. The van der Waals surface area contributed by atoms with Crippen LogP contribution in [0.5, 0.6) is 5.88 Å². The maximum Gasteiger partial charge on any atom is 0.253 e. The van der Waals surface area contributed by atoms with E-state index in [1.54, 1.807) is 0 Å². The molecule has 0 saturated heterocycles. The first kappa shape index (κ1) is 15.6. The number of ether oxygens (including phenoxy) is 1. The second-order valence-electron chi connectivity index (χ2n) is 5.64. The van der Waals surface area contributed by atoms with Crippen molar-refractivity contribution in [1.29, 1.82) is 0 Å². The average Bonchev–Trinajstić information content (AvgIpc) is 3.12. The zero-order valence-corrected chi connectivity index (χ0v) is 14.7. The predicted molar refractivity (Wildman–Crippen MR) is 92.9 cm³/mol. The second-order valence-corrected chi connectivity index (χ2v) is 7.54. The number of hydrogen-bond acceptors (Lipinski definition) is 6. The highest BCUT2D eigenvalue weighted by molar-refractivity contribution is 7.11. The zero-order chi connectivity index (χ0) is 15.4. The Balaban J connectivity index is 1.53. The summed E-state index contributed by atoms with van der Waals surface area (Å²) in [6, 6.07) is 4.38. The zero-order valence-electron chi connectivity index (χ0n) is 13.0. The molecule has 4 nitrogen and oxygen atoms in total. The van der Waals surface area contributed by atoms with E-state index in [2.05, 4.69) is 45.8 Å². The van der Waals surface area contributed by atoms with E-state index in [0.717, 1.165) is 38.0 Å². The Morgan fingerprint density at radius 1 is 1.32 bits per heavy atom. The maximum absolute atomic E-state index is 5.88. The lowest BCUT2D eigenvalue weighted by molar-refractivity contribution is 0.300. The van der Waals surface area contributed by atoms with Crippen molar-refractivity contribution in [3.05, 3.63) is 33.7 Å². The van der Waals surface area contributed by atoms with Gasteiger partial charge in [-0.25, -0.2) is 0 Å². The molecule has 0 saturated carbocycles. The highest BCUT2D eigenvalue weighted by Gasteiger charge is 2.18. The van der Waals surface area contributed by atoms with Gasteiger partial charge in [0.2, 0.25) is 0 Å². The molecule has 22 heavy (non-hydrogen) atoms. The number of thiophene rings is 1. The summed E-state index contributed by atoms with van der Waals surface area (Å²) in [7, 11) is 2.14. The normalized spacial score (nSPS) is 15.8. The van der Waals surface area contributed by atoms with Crippen molar-refractivity contribution < 1.29 is 4.74 Å². The largest absolute Gasteiger partial charge is 0.475 e. The standard InChI is InChI=1S/C16H21N3OS2/c1-12-7-8-14(21-12)6-4-10-20-16-15(17-22-18-16)13-5-3-9-19(2)11-13/h5,7-8H,3-4,6,9-11H2,1-2H3. The molecule has 0 aliphatic carbocycles. The van der Waals surface area contributed by atoms with E-state index in [1.165, 1.54) is 27.1 Å². The highest BCUT2D eigenvalue weighted by Crippen LogP contribution is 2.27. The summed E-state index contributed by atoms with van der Waals surface area (Å²) < 4.78 is 14.6. The number of hydrogen-bond donors (Lipinski definition) is 0. The van der Waals surface area contributed by atoms with Gasteiger partial charge in [-0.15, -0.1) is 15.7 Å². The van der Waals surface area contributed by atoms with E-state index in [1.807, 2.05) is 11.3 Å². The lowest BCUT2D eigenvalue weighted by Gasteiger charge is -2.22. The van der Waals surface area contributed by atoms with Gasteiger partial charge in [0.25, 0.3) is 5.88 Å². The van der Waals surface area contributed by atoms with Crippen LogP contribution in [0.3, 0.4) is 0 Å². The third kappa shape index (κ3) is 3.94. The summed E-state index contributed by atoms with van der Waals surface area (Å²) in [5, 5.41) is 0. The van der Waals surface area contributed by atoms with Crippen LogP contribution in [0.25, 0.3) is 5.57 Å². The molecule has 1 aliphatic rings. The van der Waals surface area contributed by atoms with Crippen molar-refractivity contribution in [2.75, 3.05) is 26.7 Å². The van der Waals surface area contributed by atoms with Crippen LogP contribution in [0, 0.1) is 6.92 Å². The highest BCUT2D eigenvalue weighted by atomic mass is 32.1. The third-order valence-electron chi connectivity index (χ3n) is 3.71. The van der Waals surface area contributed by atoms with E-state index in [4.69, 9.17) is 4.74 Å². The SMILES string of the molecule is Cc1ccc(CCCOc2nsnc2C2=CCCN(C)C2)s1. The van der Waals surface area contributed by atoms with Gasteiger partial charge in [0.05, 0.1) is 18.3 Å². The van der Waals surface area contributed by atoms with E-state index in [0.29, 0.717) is 12.5 Å². The van der Waals surface area contributed by atoms with Crippen molar-refractivity contribution in [1.82, 2.24) is 13.6 Å². The summed E-state index contributed by atoms with van der Waals surface area (Å²) >= 11 is 3.10. The lowest BCUT2D eigenvalue weighted by atomic mass is 10.1. The van der Waals surface area contributed by atoms with Gasteiger partial charge in [-0.2, -0.15) is 4.37 Å². The van der Waals surface area contributed by atoms with Gasteiger partial charge in [-0.1, -0.05) is 6.08 Å². The fourth-order valence-corrected chi connectivity index (χ4v) is 4.03. The van der Waals surface area contributed by atoms with E-state index in [-0.39, 0.29) is 0 Å². The van der Waals surface area contributed by atoms with E-state index in [9.17, 15) is 0 Å². The monoisotopic (exact) mass is 335 g/mol. The summed E-state index contributed by atoms with van der Waals surface area (Å²) in [6.45, 7) is 4.87. The molecule has 6 heteroatoms. The average molecular weight is 335 g/mol. The second kappa shape index (κ2) is 7.35. The Morgan fingerprint density at radius 3 is 3.00 bits per heavy atom. The number of aromatic nitrogens is 2. The first-order valence-corrected chi connectivity index (χ1v) is 9.15. The van der Waals surface area contributed by atoms with Gasteiger partial charge in [0, 0.05) is 22.8 Å². The molecule has 0 spiro atoms. The van der Waals surface area contributed by atoms with E-state index < -0.39 is 0 Å². The van der Waals surface area contributed by atoms with Crippen LogP contribution in [0.1, 0.15) is 28.3 Å². The first-order valence-electron chi connectivity index (χ1n) is 7.61. The van der Waals surface area contributed by atoms with Gasteiger partial charge in [0.1, 0.15) is 5.69 Å². The predicted octanol–water partition coefficient (Wildman–Crippen LogP) is 3.64. The molecule has 1 aliphatic heterocycles. The molecule has 3 rings (SSSR count).